The summed E-state index contributed by atoms with van der Waals surface area (Å²) >= 11 is 0. The van der Waals surface area contributed by atoms with Gasteiger partial charge >= 0.3 is 5.97 Å². The van der Waals surface area contributed by atoms with E-state index >= 15 is 0 Å². The number of carbonyl (C=O) groups is 1. The van der Waals surface area contributed by atoms with E-state index in [4.69, 9.17) is 9.84 Å². The highest BCUT2D eigenvalue weighted by atomic mass is 16.5. The molecular formula is C12H23NO3. The van der Waals surface area contributed by atoms with Crippen LogP contribution >= 0.6 is 0 Å². The highest BCUT2D eigenvalue weighted by molar-refractivity contribution is 5.73. The zero-order valence-corrected chi connectivity index (χ0v) is 10.1. The van der Waals surface area contributed by atoms with Crippen molar-refractivity contribution in [2.75, 3.05) is 13.2 Å². The number of nitrogens with one attached hydrogen (secondary N) is 1. The van der Waals surface area contributed by atoms with Gasteiger partial charge in [0.25, 0.3) is 0 Å². The van der Waals surface area contributed by atoms with E-state index in [0.29, 0.717) is 6.54 Å². The smallest absolute Gasteiger partial charge is 0.323 e. The first-order chi connectivity index (χ1) is 7.74. The predicted octanol–water partition coefficient (Wildman–Crippen LogP) is 1.79. The van der Waals surface area contributed by atoms with Crippen LogP contribution in [0.2, 0.25) is 0 Å². The fourth-order valence-electron chi connectivity index (χ4n) is 2.10. The fourth-order valence-corrected chi connectivity index (χ4v) is 2.10. The molecule has 1 fully saturated rings. The fraction of sp³-hybridized carbons (Fsp3) is 0.917. The lowest BCUT2D eigenvalue weighted by molar-refractivity contribution is -0.141. The molecule has 1 saturated carbocycles. The van der Waals surface area contributed by atoms with Crippen molar-refractivity contribution >= 4 is 5.97 Å². The van der Waals surface area contributed by atoms with Crippen LogP contribution in [0.15, 0.2) is 0 Å². The van der Waals surface area contributed by atoms with Crippen molar-refractivity contribution in [3.63, 3.8) is 0 Å². The molecule has 0 radical (unpaired) electrons. The number of carboxylic acid groups (broad SMARTS) is 1. The van der Waals surface area contributed by atoms with E-state index < -0.39 is 12.0 Å². The van der Waals surface area contributed by atoms with Crippen molar-refractivity contribution in [3.05, 3.63) is 0 Å². The van der Waals surface area contributed by atoms with Gasteiger partial charge < -0.3 is 15.2 Å². The number of rotatable bonds is 6. The molecular weight excluding hydrogens is 206 g/mol. The average molecular weight is 229 g/mol. The van der Waals surface area contributed by atoms with Crippen molar-refractivity contribution in [2.24, 2.45) is 0 Å². The van der Waals surface area contributed by atoms with Crippen LogP contribution in [0.25, 0.3) is 0 Å². The van der Waals surface area contributed by atoms with Crippen LogP contribution in [-0.4, -0.2) is 36.4 Å². The van der Waals surface area contributed by atoms with Gasteiger partial charge in [-0.2, -0.15) is 0 Å². The molecule has 0 bridgehead atoms. The summed E-state index contributed by atoms with van der Waals surface area (Å²) < 4.78 is 5.70. The molecule has 0 aliphatic heterocycles. The van der Waals surface area contributed by atoms with Gasteiger partial charge in [-0.05, 0) is 19.4 Å². The molecule has 1 aliphatic rings. The Balaban J connectivity index is 2.26. The Morgan fingerprint density at radius 3 is 2.50 bits per heavy atom. The minimum Gasteiger partial charge on any atom is -0.480 e. The maximum Gasteiger partial charge on any atom is 0.323 e. The SMILES string of the molecule is CCNC(COC1CCCCCC1)C(=O)O. The van der Waals surface area contributed by atoms with Gasteiger partial charge in [0.05, 0.1) is 12.7 Å². The molecule has 94 valence electrons. The van der Waals surface area contributed by atoms with Crippen LogP contribution < -0.4 is 5.32 Å². The van der Waals surface area contributed by atoms with E-state index in [1.807, 2.05) is 6.92 Å². The number of ether oxygens (including phenoxy) is 1. The number of hydrogen-bond acceptors (Lipinski definition) is 3. The summed E-state index contributed by atoms with van der Waals surface area (Å²) in [7, 11) is 0. The molecule has 1 aliphatic carbocycles. The minimum atomic E-state index is -0.824. The topological polar surface area (TPSA) is 58.6 Å². The first-order valence-corrected chi connectivity index (χ1v) is 6.31. The van der Waals surface area contributed by atoms with E-state index in [2.05, 4.69) is 5.32 Å². The van der Waals surface area contributed by atoms with Gasteiger partial charge in [-0.1, -0.05) is 32.6 Å². The van der Waals surface area contributed by atoms with Crippen LogP contribution in [0.4, 0.5) is 0 Å². The second-order valence-electron chi connectivity index (χ2n) is 4.40. The second-order valence-corrected chi connectivity index (χ2v) is 4.40. The summed E-state index contributed by atoms with van der Waals surface area (Å²) in [5, 5.41) is 11.9. The molecule has 4 nitrogen and oxygen atoms in total. The Bertz CT molecular complexity index is 200. The number of aliphatic carboxylic acids is 1. The van der Waals surface area contributed by atoms with Crippen molar-refractivity contribution < 1.29 is 14.6 Å². The second kappa shape index (κ2) is 7.63. The lowest BCUT2D eigenvalue weighted by atomic mass is 10.1. The summed E-state index contributed by atoms with van der Waals surface area (Å²) in [6.45, 7) is 2.85. The lowest BCUT2D eigenvalue weighted by Gasteiger charge is -2.19. The summed E-state index contributed by atoms with van der Waals surface area (Å²) in [6, 6.07) is -0.562. The van der Waals surface area contributed by atoms with Crippen LogP contribution in [0.3, 0.4) is 0 Å². The molecule has 0 aromatic heterocycles. The Kier molecular flexibility index (Phi) is 6.42. The number of hydrogen-bond donors (Lipinski definition) is 2. The molecule has 2 N–H and O–H groups in total. The monoisotopic (exact) mass is 229 g/mol. The number of carboxylic acids is 1. The summed E-state index contributed by atoms with van der Waals surface area (Å²) in [5.41, 5.74) is 0. The predicted molar refractivity (Wildman–Crippen MR) is 62.5 cm³/mol. The zero-order chi connectivity index (χ0) is 11.8. The molecule has 0 amide bonds. The van der Waals surface area contributed by atoms with Gasteiger partial charge in [0.2, 0.25) is 0 Å². The van der Waals surface area contributed by atoms with Crippen molar-refractivity contribution in [2.45, 2.75) is 57.6 Å². The molecule has 0 spiro atoms. The Morgan fingerprint density at radius 2 is 2.00 bits per heavy atom. The molecule has 16 heavy (non-hydrogen) atoms. The van der Waals surface area contributed by atoms with Gasteiger partial charge in [0.1, 0.15) is 6.04 Å². The molecule has 0 heterocycles. The molecule has 1 rings (SSSR count). The van der Waals surface area contributed by atoms with E-state index in [1.165, 1.54) is 25.7 Å². The van der Waals surface area contributed by atoms with Gasteiger partial charge in [0, 0.05) is 0 Å². The summed E-state index contributed by atoms with van der Waals surface area (Å²) in [6.07, 6.45) is 7.43. The molecule has 1 unspecified atom stereocenters. The first kappa shape index (κ1) is 13.5. The Labute approximate surface area is 97.4 Å². The zero-order valence-electron chi connectivity index (χ0n) is 10.1. The summed E-state index contributed by atoms with van der Waals surface area (Å²) in [5.74, 6) is -0.824. The van der Waals surface area contributed by atoms with Crippen molar-refractivity contribution in [1.82, 2.24) is 5.32 Å². The first-order valence-electron chi connectivity index (χ1n) is 6.31. The van der Waals surface area contributed by atoms with E-state index in [0.717, 1.165) is 12.8 Å². The lowest BCUT2D eigenvalue weighted by Crippen LogP contribution is -2.41. The van der Waals surface area contributed by atoms with Crippen LogP contribution in [0.1, 0.15) is 45.4 Å². The quantitative estimate of drug-likeness (QED) is 0.682. The van der Waals surface area contributed by atoms with Gasteiger partial charge in [-0.25, -0.2) is 0 Å². The Hall–Kier alpha value is -0.610. The molecule has 0 saturated heterocycles. The third-order valence-corrected chi connectivity index (χ3v) is 3.05. The Morgan fingerprint density at radius 1 is 1.38 bits per heavy atom. The van der Waals surface area contributed by atoms with Crippen LogP contribution in [-0.2, 0) is 9.53 Å². The highest BCUT2D eigenvalue weighted by Gasteiger charge is 2.19. The largest absolute Gasteiger partial charge is 0.480 e. The number of likely N-dealkylation sites (N-methyl/N-ethyl adjacent to an activating group) is 1. The third-order valence-electron chi connectivity index (χ3n) is 3.05. The van der Waals surface area contributed by atoms with Crippen molar-refractivity contribution in [3.8, 4) is 0 Å². The molecule has 1 atom stereocenters. The normalized spacial score (nSPS) is 20.3. The van der Waals surface area contributed by atoms with Gasteiger partial charge in [-0.3, -0.25) is 4.79 Å². The van der Waals surface area contributed by atoms with Gasteiger partial charge in [-0.15, -0.1) is 0 Å². The van der Waals surface area contributed by atoms with Crippen molar-refractivity contribution in [1.29, 1.82) is 0 Å². The van der Waals surface area contributed by atoms with Crippen LogP contribution in [0.5, 0.6) is 0 Å². The standard InChI is InChI=1S/C12H23NO3/c1-2-13-11(12(14)15)9-16-10-7-5-3-4-6-8-10/h10-11,13H,2-9H2,1H3,(H,14,15). The summed E-state index contributed by atoms with van der Waals surface area (Å²) in [4.78, 5) is 10.9. The molecule has 0 aromatic carbocycles. The minimum absolute atomic E-state index is 0.267. The molecule has 0 aromatic rings. The maximum atomic E-state index is 10.9. The highest BCUT2D eigenvalue weighted by Crippen LogP contribution is 2.19. The van der Waals surface area contributed by atoms with Gasteiger partial charge in [0.15, 0.2) is 0 Å². The van der Waals surface area contributed by atoms with Crippen LogP contribution in [0, 0.1) is 0 Å². The molecule has 4 heteroatoms. The third kappa shape index (κ3) is 4.94. The van der Waals surface area contributed by atoms with E-state index in [9.17, 15) is 4.79 Å². The average Bonchev–Trinajstić information content (AvgIpc) is 2.52. The maximum absolute atomic E-state index is 10.9. The van der Waals surface area contributed by atoms with E-state index in [-0.39, 0.29) is 12.7 Å². The van der Waals surface area contributed by atoms with E-state index in [1.54, 1.807) is 0 Å².